The van der Waals surface area contributed by atoms with E-state index in [1.807, 2.05) is 6.92 Å². The Labute approximate surface area is 97.3 Å². The maximum absolute atomic E-state index is 11.9. The fraction of sp³-hybridized carbons (Fsp3) is 0.800. The maximum Gasteiger partial charge on any atom is 0.280 e. The summed E-state index contributed by atoms with van der Waals surface area (Å²) in [5.74, 6) is 2.45. The van der Waals surface area contributed by atoms with Gasteiger partial charge in [-0.2, -0.15) is 17.4 Å². The number of rotatable bonds is 5. The average Bonchev–Trinajstić information content (AvgIpc) is 2.29. The lowest BCUT2D eigenvalue weighted by Crippen LogP contribution is -2.49. The molecule has 1 fully saturated rings. The van der Waals surface area contributed by atoms with Gasteiger partial charge in [-0.05, 0) is 6.42 Å². The van der Waals surface area contributed by atoms with Crippen molar-refractivity contribution in [3.8, 4) is 12.3 Å². The molecule has 1 rings (SSSR count). The van der Waals surface area contributed by atoms with Crippen LogP contribution in [0, 0.1) is 12.3 Å². The molecule has 1 atom stereocenters. The molecular weight excluding hydrogens is 228 g/mol. The highest BCUT2D eigenvalue weighted by Gasteiger charge is 2.25. The van der Waals surface area contributed by atoms with Crippen molar-refractivity contribution in [2.24, 2.45) is 0 Å². The zero-order chi connectivity index (χ0) is 12.0. The Bertz CT molecular complexity index is 342. The monoisotopic (exact) mass is 246 g/mol. The van der Waals surface area contributed by atoms with Gasteiger partial charge in [0.2, 0.25) is 0 Å². The van der Waals surface area contributed by atoms with Crippen LogP contribution in [0.5, 0.6) is 0 Å². The number of nitrogens with one attached hydrogen (secondary N) is 1. The van der Waals surface area contributed by atoms with Crippen molar-refractivity contribution in [2.45, 2.75) is 25.8 Å². The van der Waals surface area contributed by atoms with E-state index in [0.717, 1.165) is 6.42 Å². The number of terminal acetylenes is 1. The van der Waals surface area contributed by atoms with Crippen LogP contribution in [-0.4, -0.2) is 45.1 Å². The minimum absolute atomic E-state index is 0.388. The van der Waals surface area contributed by atoms with Crippen LogP contribution >= 0.6 is 0 Å². The summed E-state index contributed by atoms with van der Waals surface area (Å²) in [6.45, 7) is 3.62. The lowest BCUT2D eigenvalue weighted by Gasteiger charge is -2.27. The molecule has 1 saturated heterocycles. The lowest BCUT2D eigenvalue weighted by atomic mass is 10.2. The Hall–Kier alpha value is -0.610. The summed E-state index contributed by atoms with van der Waals surface area (Å²) in [4.78, 5) is 0. The van der Waals surface area contributed by atoms with Crippen LogP contribution in [0.25, 0.3) is 0 Å². The molecule has 1 heterocycles. The third-order valence-electron chi connectivity index (χ3n) is 2.38. The number of ether oxygens (including phenoxy) is 1. The van der Waals surface area contributed by atoms with Crippen molar-refractivity contribution in [1.82, 2.24) is 9.03 Å². The fourth-order valence-electron chi connectivity index (χ4n) is 1.51. The highest BCUT2D eigenvalue weighted by atomic mass is 32.2. The largest absolute Gasteiger partial charge is 0.379 e. The third-order valence-corrected chi connectivity index (χ3v) is 4.01. The highest BCUT2D eigenvalue weighted by molar-refractivity contribution is 7.87. The van der Waals surface area contributed by atoms with Crippen LogP contribution in [0.3, 0.4) is 0 Å². The van der Waals surface area contributed by atoms with Gasteiger partial charge in [0.15, 0.2) is 0 Å². The number of morpholine rings is 1. The van der Waals surface area contributed by atoms with Gasteiger partial charge in [-0.25, -0.2) is 0 Å². The lowest BCUT2D eigenvalue weighted by molar-refractivity contribution is 0.0724. The molecule has 0 saturated carbocycles. The van der Waals surface area contributed by atoms with Crippen LogP contribution in [0.4, 0.5) is 0 Å². The summed E-state index contributed by atoms with van der Waals surface area (Å²) in [5.41, 5.74) is 0. The molecule has 0 aromatic carbocycles. The molecule has 0 bridgehead atoms. The van der Waals surface area contributed by atoms with Crippen LogP contribution in [0.1, 0.15) is 19.8 Å². The fourth-order valence-corrected chi connectivity index (χ4v) is 2.83. The first kappa shape index (κ1) is 13.5. The van der Waals surface area contributed by atoms with Crippen molar-refractivity contribution < 1.29 is 13.2 Å². The molecule has 0 aliphatic carbocycles. The van der Waals surface area contributed by atoms with E-state index in [1.165, 1.54) is 4.31 Å². The highest BCUT2D eigenvalue weighted by Crippen LogP contribution is 2.05. The van der Waals surface area contributed by atoms with E-state index < -0.39 is 16.3 Å². The number of nitrogens with zero attached hydrogens (tertiary/aromatic N) is 1. The first-order chi connectivity index (χ1) is 7.60. The smallest absolute Gasteiger partial charge is 0.280 e. The summed E-state index contributed by atoms with van der Waals surface area (Å²) in [7, 11) is -3.46. The molecule has 0 spiro atoms. The molecular formula is C10H18N2O3S. The molecule has 0 aromatic rings. The Balaban J connectivity index is 2.59. The van der Waals surface area contributed by atoms with Gasteiger partial charge < -0.3 is 4.74 Å². The van der Waals surface area contributed by atoms with Crippen LogP contribution < -0.4 is 4.72 Å². The van der Waals surface area contributed by atoms with E-state index in [0.29, 0.717) is 32.7 Å². The zero-order valence-corrected chi connectivity index (χ0v) is 10.3. The summed E-state index contributed by atoms with van der Waals surface area (Å²) >= 11 is 0. The Morgan fingerprint density at radius 3 is 2.62 bits per heavy atom. The quantitative estimate of drug-likeness (QED) is 0.692. The molecule has 16 heavy (non-hydrogen) atoms. The van der Waals surface area contributed by atoms with E-state index in [-0.39, 0.29) is 0 Å². The van der Waals surface area contributed by atoms with E-state index >= 15 is 0 Å². The van der Waals surface area contributed by atoms with Gasteiger partial charge in [0.1, 0.15) is 0 Å². The van der Waals surface area contributed by atoms with Crippen molar-refractivity contribution >= 4 is 10.2 Å². The summed E-state index contributed by atoms with van der Waals surface area (Å²) in [5, 5.41) is 0. The molecule has 6 heteroatoms. The van der Waals surface area contributed by atoms with E-state index in [9.17, 15) is 8.42 Å². The second kappa shape index (κ2) is 6.21. The van der Waals surface area contributed by atoms with Gasteiger partial charge in [-0.1, -0.05) is 19.3 Å². The SMILES string of the molecule is C#CC(CCC)NS(=O)(=O)N1CCOCC1. The standard InChI is InChI=1S/C10H18N2O3S/c1-3-5-10(4-2)11-16(13,14)12-6-8-15-9-7-12/h2,10-11H,3,5-9H2,1H3. The topological polar surface area (TPSA) is 58.6 Å². The molecule has 1 aliphatic heterocycles. The average molecular weight is 246 g/mol. The zero-order valence-electron chi connectivity index (χ0n) is 9.48. The van der Waals surface area contributed by atoms with Gasteiger partial charge in [-0.3, -0.25) is 0 Å². The van der Waals surface area contributed by atoms with Gasteiger partial charge in [0.05, 0.1) is 19.3 Å². The van der Waals surface area contributed by atoms with Crippen LogP contribution in [0.15, 0.2) is 0 Å². The van der Waals surface area contributed by atoms with E-state index in [4.69, 9.17) is 11.2 Å². The van der Waals surface area contributed by atoms with E-state index in [1.54, 1.807) is 0 Å². The van der Waals surface area contributed by atoms with Crippen LogP contribution in [0.2, 0.25) is 0 Å². The van der Waals surface area contributed by atoms with Gasteiger partial charge >= 0.3 is 0 Å². The van der Waals surface area contributed by atoms with Gasteiger partial charge in [0, 0.05) is 13.1 Å². The summed E-state index contributed by atoms with van der Waals surface area (Å²) in [6, 6.07) is -0.419. The van der Waals surface area contributed by atoms with Crippen molar-refractivity contribution in [3.63, 3.8) is 0 Å². The van der Waals surface area contributed by atoms with Crippen molar-refractivity contribution in [3.05, 3.63) is 0 Å². The minimum atomic E-state index is -3.46. The second-order valence-corrected chi connectivity index (χ2v) is 5.34. The van der Waals surface area contributed by atoms with E-state index in [2.05, 4.69) is 10.6 Å². The number of hydrogen-bond acceptors (Lipinski definition) is 3. The molecule has 0 amide bonds. The van der Waals surface area contributed by atoms with Gasteiger partial charge in [0.25, 0.3) is 10.2 Å². The first-order valence-corrected chi connectivity index (χ1v) is 6.85. The molecule has 92 valence electrons. The predicted molar refractivity (Wildman–Crippen MR) is 62.0 cm³/mol. The Morgan fingerprint density at radius 2 is 2.12 bits per heavy atom. The molecule has 1 unspecified atom stereocenters. The van der Waals surface area contributed by atoms with Gasteiger partial charge in [-0.15, -0.1) is 6.42 Å². The maximum atomic E-state index is 11.9. The normalized spacial score (nSPS) is 20.2. The molecule has 1 N–H and O–H groups in total. The molecule has 1 aliphatic rings. The summed E-state index contributed by atoms with van der Waals surface area (Å²) < 4.78 is 32.8. The van der Waals surface area contributed by atoms with Crippen molar-refractivity contribution in [2.75, 3.05) is 26.3 Å². The Kier molecular flexibility index (Phi) is 5.22. The predicted octanol–water partition coefficient (Wildman–Crippen LogP) is -0.0451. The Morgan fingerprint density at radius 1 is 1.50 bits per heavy atom. The third kappa shape index (κ3) is 3.76. The van der Waals surface area contributed by atoms with Crippen LogP contribution in [-0.2, 0) is 14.9 Å². The molecule has 0 aromatic heterocycles. The first-order valence-electron chi connectivity index (χ1n) is 5.41. The second-order valence-electron chi connectivity index (χ2n) is 3.64. The van der Waals surface area contributed by atoms with Crippen molar-refractivity contribution in [1.29, 1.82) is 0 Å². The summed E-state index contributed by atoms with van der Waals surface area (Å²) in [6.07, 6.45) is 6.78. The minimum Gasteiger partial charge on any atom is -0.379 e. The number of hydrogen-bond donors (Lipinski definition) is 1. The molecule has 0 radical (unpaired) electrons. The molecule has 5 nitrogen and oxygen atoms in total.